The van der Waals surface area contributed by atoms with Gasteiger partial charge in [-0.2, -0.15) is 0 Å². The summed E-state index contributed by atoms with van der Waals surface area (Å²) in [6, 6.07) is 37.9. The van der Waals surface area contributed by atoms with E-state index in [2.05, 4.69) is 96.4 Å². The standard InChI is InChI=1S/C43H28N6O.Pt/c1-25-19-26(2)39(27(3)20-25)37-24-48-40-33(11-7-17-44-40)31-15-13-30(22-36(31)43(48)47-37)50-29-14-16-32-34-12-8-18-45-41(34)49-38(28-9-5-4-6-10-28)23-46-42(49)35(32)21-29;/h4-20,23-24H,1-3H3;/q-2;+2. The number of pyridine rings is 4. The maximum Gasteiger partial charge on any atom is 2.00 e. The topological polar surface area (TPSA) is 69.6 Å². The quantitative estimate of drug-likeness (QED) is 0.130. The van der Waals surface area contributed by atoms with Crippen LogP contribution >= 0.6 is 0 Å². The number of nitrogens with zero attached hydrogens (tertiary/aromatic N) is 6. The second kappa shape index (κ2) is 11.9. The molecule has 0 aliphatic rings. The Morgan fingerprint density at radius 3 is 1.92 bits per heavy atom. The summed E-state index contributed by atoms with van der Waals surface area (Å²) in [6.45, 7) is 6.41. The van der Waals surface area contributed by atoms with Crippen molar-refractivity contribution in [3.05, 3.63) is 145 Å². The Balaban J connectivity index is 0.00000348. The van der Waals surface area contributed by atoms with E-state index in [9.17, 15) is 0 Å². The molecule has 7 nitrogen and oxygen atoms in total. The largest absolute Gasteiger partial charge is 2.00 e. The molecule has 0 radical (unpaired) electrons. The van der Waals surface area contributed by atoms with Gasteiger partial charge < -0.3 is 13.5 Å². The Kier molecular flexibility index (Phi) is 7.23. The van der Waals surface area contributed by atoms with Crippen LogP contribution in [0.5, 0.6) is 11.5 Å². The zero-order chi connectivity index (χ0) is 33.5. The van der Waals surface area contributed by atoms with Gasteiger partial charge in [0.05, 0.1) is 22.7 Å². The van der Waals surface area contributed by atoms with Crippen LogP contribution in [0.2, 0.25) is 0 Å². The van der Waals surface area contributed by atoms with Crippen LogP contribution in [0, 0.1) is 32.9 Å². The Hall–Kier alpha value is -5.91. The van der Waals surface area contributed by atoms with E-state index in [1.54, 1.807) is 0 Å². The Labute approximate surface area is 307 Å². The van der Waals surface area contributed by atoms with Gasteiger partial charge in [-0.1, -0.05) is 106 Å². The predicted octanol–water partition coefficient (Wildman–Crippen LogP) is 10.0. The van der Waals surface area contributed by atoms with E-state index in [1.165, 1.54) is 16.7 Å². The van der Waals surface area contributed by atoms with Gasteiger partial charge in [0.2, 0.25) is 0 Å². The Bertz CT molecular complexity index is 2980. The van der Waals surface area contributed by atoms with Gasteiger partial charge >= 0.3 is 21.1 Å². The zero-order valence-electron chi connectivity index (χ0n) is 27.9. The second-order valence-electron chi connectivity index (χ2n) is 12.8. The number of rotatable bonds is 4. The van der Waals surface area contributed by atoms with Crippen LogP contribution in [0.4, 0.5) is 0 Å². The number of hydrogen-bond acceptors (Lipinski definition) is 5. The molecule has 6 aromatic heterocycles. The first-order valence-corrected chi connectivity index (χ1v) is 16.6. The van der Waals surface area contributed by atoms with Gasteiger partial charge in [0.25, 0.3) is 0 Å². The number of benzene rings is 4. The third-order valence-electron chi connectivity index (χ3n) is 9.57. The first-order valence-electron chi connectivity index (χ1n) is 16.6. The third kappa shape index (κ3) is 4.84. The average Bonchev–Trinajstić information content (AvgIpc) is 3.78. The first-order chi connectivity index (χ1) is 24.5. The normalized spacial score (nSPS) is 11.7. The van der Waals surface area contributed by atoms with E-state index in [0.717, 1.165) is 77.4 Å². The monoisotopic (exact) mass is 839 g/mol. The molecular formula is C43H28N6OPt. The van der Waals surface area contributed by atoms with Crippen molar-refractivity contribution in [2.75, 3.05) is 0 Å². The molecule has 0 aliphatic heterocycles. The summed E-state index contributed by atoms with van der Waals surface area (Å²) in [7, 11) is 0. The van der Waals surface area contributed by atoms with Crippen LogP contribution in [-0.2, 0) is 21.1 Å². The van der Waals surface area contributed by atoms with E-state index in [4.69, 9.17) is 24.7 Å². The Morgan fingerprint density at radius 1 is 0.608 bits per heavy atom. The first kappa shape index (κ1) is 31.1. The number of aryl methyl sites for hydroxylation is 3. The van der Waals surface area contributed by atoms with Gasteiger partial charge in [0.15, 0.2) is 0 Å². The number of imidazole rings is 2. The maximum absolute atomic E-state index is 6.53. The smallest absolute Gasteiger partial charge is 0.497 e. The zero-order valence-corrected chi connectivity index (χ0v) is 30.1. The molecule has 0 atom stereocenters. The molecule has 0 aliphatic carbocycles. The van der Waals surface area contributed by atoms with Gasteiger partial charge in [-0.3, -0.25) is 9.97 Å². The second-order valence-corrected chi connectivity index (χ2v) is 12.8. The van der Waals surface area contributed by atoms with E-state index < -0.39 is 0 Å². The minimum atomic E-state index is 0. The molecule has 0 fully saturated rings. The van der Waals surface area contributed by atoms with Crippen molar-refractivity contribution in [1.29, 1.82) is 0 Å². The van der Waals surface area contributed by atoms with Crippen molar-refractivity contribution in [3.8, 4) is 34.0 Å². The maximum atomic E-state index is 6.53. The van der Waals surface area contributed by atoms with Crippen molar-refractivity contribution in [2.45, 2.75) is 20.8 Å². The summed E-state index contributed by atoms with van der Waals surface area (Å²) < 4.78 is 10.7. The summed E-state index contributed by atoms with van der Waals surface area (Å²) >= 11 is 0. The van der Waals surface area contributed by atoms with Crippen LogP contribution in [0.25, 0.3) is 77.4 Å². The molecule has 0 amide bonds. The van der Waals surface area contributed by atoms with Crippen molar-refractivity contribution >= 4 is 54.9 Å². The van der Waals surface area contributed by atoms with E-state index in [0.29, 0.717) is 11.5 Å². The van der Waals surface area contributed by atoms with Crippen LogP contribution in [-0.4, -0.2) is 28.7 Å². The van der Waals surface area contributed by atoms with Gasteiger partial charge in [0, 0.05) is 41.8 Å². The van der Waals surface area contributed by atoms with E-state index in [1.807, 2.05) is 61.1 Å². The van der Waals surface area contributed by atoms with Crippen LogP contribution in [0.15, 0.2) is 116 Å². The minimum Gasteiger partial charge on any atom is -0.497 e. The number of fused-ring (bicyclic) bond motifs is 12. The molecule has 10 aromatic rings. The van der Waals surface area contributed by atoms with Crippen molar-refractivity contribution < 1.29 is 25.8 Å². The van der Waals surface area contributed by atoms with Gasteiger partial charge in [0.1, 0.15) is 11.3 Å². The predicted molar refractivity (Wildman–Crippen MR) is 199 cm³/mol. The summed E-state index contributed by atoms with van der Waals surface area (Å²) in [5, 5.41) is 5.77. The number of aromatic nitrogens is 6. The number of hydrogen-bond donors (Lipinski definition) is 0. The molecule has 51 heavy (non-hydrogen) atoms. The SMILES string of the molecule is Cc1cc(C)c(-c2cn3c(n2)c2[c-]c(Oc4[c-]c5c(cc4)c4cccnc4n4c(-c6ccccc6)cnc54)ccc2c2cccnc23)c(C)c1.[Pt+2]. The fraction of sp³-hybridized carbons (Fsp3) is 0.0698. The van der Waals surface area contributed by atoms with Crippen molar-refractivity contribution in [3.63, 3.8) is 0 Å². The summed E-state index contributed by atoms with van der Waals surface area (Å²) in [5.41, 5.74) is 10.9. The summed E-state index contributed by atoms with van der Waals surface area (Å²) in [4.78, 5) is 19.6. The van der Waals surface area contributed by atoms with Gasteiger partial charge in [-0.15, -0.1) is 12.1 Å². The fourth-order valence-electron chi connectivity index (χ4n) is 7.55. The van der Waals surface area contributed by atoms with Gasteiger partial charge in [-0.25, -0.2) is 9.97 Å². The molecule has 0 bridgehead atoms. The number of ether oxygens (including phenoxy) is 1. The molecule has 6 heterocycles. The van der Waals surface area contributed by atoms with E-state index >= 15 is 0 Å². The van der Waals surface area contributed by atoms with Crippen LogP contribution in [0.3, 0.4) is 0 Å². The molecular weight excluding hydrogens is 812 g/mol. The molecule has 0 unspecified atom stereocenters. The minimum absolute atomic E-state index is 0. The molecule has 4 aromatic carbocycles. The van der Waals surface area contributed by atoms with Gasteiger partial charge in [-0.05, 0) is 60.4 Å². The third-order valence-corrected chi connectivity index (χ3v) is 9.57. The summed E-state index contributed by atoms with van der Waals surface area (Å²) in [5.74, 6) is 1.13. The van der Waals surface area contributed by atoms with Crippen molar-refractivity contribution in [1.82, 2.24) is 28.7 Å². The van der Waals surface area contributed by atoms with Crippen LogP contribution < -0.4 is 4.74 Å². The molecule has 0 saturated carbocycles. The molecule has 10 rings (SSSR count). The fourth-order valence-corrected chi connectivity index (χ4v) is 7.55. The molecule has 0 N–H and O–H groups in total. The molecule has 0 saturated heterocycles. The average molecular weight is 840 g/mol. The molecule has 0 spiro atoms. The summed E-state index contributed by atoms with van der Waals surface area (Å²) in [6.07, 6.45) is 7.64. The molecule has 246 valence electrons. The Morgan fingerprint density at radius 2 is 1.24 bits per heavy atom. The van der Waals surface area contributed by atoms with Crippen molar-refractivity contribution in [2.24, 2.45) is 0 Å². The molecule has 8 heteroatoms. The van der Waals surface area contributed by atoms with Crippen LogP contribution in [0.1, 0.15) is 16.7 Å². The van der Waals surface area contributed by atoms with E-state index in [-0.39, 0.29) is 21.1 Å².